The lowest BCUT2D eigenvalue weighted by molar-refractivity contribution is -0.137. The van der Waals surface area contributed by atoms with Crippen molar-refractivity contribution in [3.05, 3.63) is 23.9 Å². The van der Waals surface area contributed by atoms with Crippen LogP contribution in [-0.4, -0.2) is 17.4 Å². The van der Waals surface area contributed by atoms with Crippen LogP contribution in [0.2, 0.25) is 0 Å². The third kappa shape index (κ3) is 3.75. The van der Waals surface area contributed by atoms with Crippen molar-refractivity contribution in [3.63, 3.8) is 0 Å². The largest absolute Gasteiger partial charge is 0.416 e. The highest BCUT2D eigenvalue weighted by Gasteiger charge is 2.31. The molecule has 2 nitrogen and oxygen atoms in total. The molecule has 1 aliphatic carbocycles. The monoisotopic (exact) mass is 292 g/mol. The number of hydrogen-bond acceptors (Lipinski definition) is 2. The summed E-state index contributed by atoms with van der Waals surface area (Å²) in [5, 5.41) is 2.99. The second kappa shape index (κ2) is 5.99. The van der Waals surface area contributed by atoms with Crippen molar-refractivity contribution in [2.45, 2.75) is 25.4 Å². The summed E-state index contributed by atoms with van der Waals surface area (Å²) in [6.07, 6.45) is 0.166. The van der Waals surface area contributed by atoms with Gasteiger partial charge in [-0.15, -0.1) is 11.6 Å². The number of hydrogen-bond donors (Lipinski definition) is 1. The number of halogens is 4. The summed E-state index contributed by atoms with van der Waals surface area (Å²) in [6, 6.07) is 2.02. The van der Waals surface area contributed by atoms with E-state index in [1.165, 1.54) is 6.20 Å². The van der Waals surface area contributed by atoms with E-state index >= 15 is 0 Å². The molecule has 0 saturated heterocycles. The number of pyridine rings is 1. The molecule has 1 aromatic rings. The summed E-state index contributed by atoms with van der Waals surface area (Å²) < 4.78 is 37.7. The Morgan fingerprint density at radius 2 is 2.05 bits per heavy atom. The Morgan fingerprint density at radius 1 is 1.32 bits per heavy atom. The van der Waals surface area contributed by atoms with E-state index < -0.39 is 11.7 Å². The lowest BCUT2D eigenvalue weighted by Crippen LogP contribution is -2.20. The van der Waals surface area contributed by atoms with Gasteiger partial charge in [0.05, 0.1) is 5.56 Å². The molecule has 2 rings (SSSR count). The van der Waals surface area contributed by atoms with Crippen molar-refractivity contribution >= 4 is 17.4 Å². The number of nitrogens with zero attached hydrogens (tertiary/aromatic N) is 1. The van der Waals surface area contributed by atoms with E-state index in [-0.39, 0.29) is 5.82 Å². The first-order chi connectivity index (χ1) is 9.00. The van der Waals surface area contributed by atoms with Gasteiger partial charge in [0, 0.05) is 18.6 Å². The van der Waals surface area contributed by atoms with Crippen molar-refractivity contribution in [3.8, 4) is 0 Å². The Balaban J connectivity index is 1.96. The topological polar surface area (TPSA) is 24.9 Å². The van der Waals surface area contributed by atoms with Crippen molar-refractivity contribution in [1.29, 1.82) is 0 Å². The minimum atomic E-state index is -4.33. The summed E-state index contributed by atoms with van der Waals surface area (Å²) in [6.45, 7) is 0.631. The molecule has 1 saturated carbocycles. The van der Waals surface area contributed by atoms with Gasteiger partial charge in [0.15, 0.2) is 0 Å². The molecule has 0 bridgehead atoms. The van der Waals surface area contributed by atoms with Gasteiger partial charge in [-0.25, -0.2) is 4.98 Å². The molecule has 1 aliphatic rings. The number of alkyl halides is 4. The first-order valence-corrected chi connectivity index (χ1v) is 6.87. The van der Waals surface area contributed by atoms with Crippen molar-refractivity contribution in [2.24, 2.45) is 11.8 Å². The zero-order valence-corrected chi connectivity index (χ0v) is 11.1. The Morgan fingerprint density at radius 3 is 2.74 bits per heavy atom. The van der Waals surface area contributed by atoms with Crippen LogP contribution in [0, 0.1) is 11.8 Å². The molecule has 0 spiro atoms. The van der Waals surface area contributed by atoms with Crippen LogP contribution in [0.3, 0.4) is 0 Å². The van der Waals surface area contributed by atoms with E-state index in [0.717, 1.165) is 31.4 Å². The molecule has 19 heavy (non-hydrogen) atoms. The van der Waals surface area contributed by atoms with Gasteiger partial charge in [0.25, 0.3) is 0 Å². The lowest BCUT2D eigenvalue weighted by atomic mass is 9.98. The molecule has 0 radical (unpaired) electrons. The molecule has 0 amide bonds. The maximum Gasteiger partial charge on any atom is 0.416 e. The molecular weight excluding hydrogens is 277 g/mol. The van der Waals surface area contributed by atoms with Gasteiger partial charge in [-0.2, -0.15) is 13.2 Å². The van der Waals surface area contributed by atoms with Crippen molar-refractivity contribution in [2.75, 3.05) is 17.7 Å². The molecule has 1 N–H and O–H groups in total. The molecule has 2 atom stereocenters. The fraction of sp³-hybridized carbons (Fsp3) is 0.615. The van der Waals surface area contributed by atoms with Crippen LogP contribution in [0.1, 0.15) is 24.8 Å². The van der Waals surface area contributed by atoms with Gasteiger partial charge in [-0.1, -0.05) is 6.42 Å². The van der Waals surface area contributed by atoms with E-state index in [1.807, 2.05) is 0 Å². The minimum Gasteiger partial charge on any atom is -0.370 e. The Kier molecular flexibility index (Phi) is 4.55. The highest BCUT2D eigenvalue weighted by atomic mass is 35.5. The first-order valence-electron chi connectivity index (χ1n) is 6.34. The first kappa shape index (κ1) is 14.4. The number of rotatable bonds is 4. The molecule has 1 aromatic heterocycles. The van der Waals surface area contributed by atoms with Crippen molar-refractivity contribution in [1.82, 2.24) is 4.98 Å². The van der Waals surface area contributed by atoms with Crippen LogP contribution >= 0.6 is 11.6 Å². The summed E-state index contributed by atoms with van der Waals surface area (Å²) in [7, 11) is 0. The zero-order chi connectivity index (χ0) is 13.9. The number of nitrogens with one attached hydrogen (secondary N) is 1. The Hall–Kier alpha value is -0.970. The maximum atomic E-state index is 12.6. The fourth-order valence-corrected chi connectivity index (χ4v) is 2.93. The SMILES string of the molecule is FC(F)(F)c1ccnc(NCC2CCCC2CCl)c1. The molecule has 1 fully saturated rings. The van der Waals surface area contributed by atoms with Crippen LogP contribution in [0.5, 0.6) is 0 Å². The summed E-state index contributed by atoms with van der Waals surface area (Å²) in [5.41, 5.74) is -0.676. The fourth-order valence-electron chi connectivity index (χ4n) is 2.52. The van der Waals surface area contributed by atoms with Crippen molar-refractivity contribution < 1.29 is 13.2 Å². The van der Waals surface area contributed by atoms with E-state index in [4.69, 9.17) is 11.6 Å². The molecule has 2 unspecified atom stereocenters. The zero-order valence-electron chi connectivity index (χ0n) is 10.4. The second-order valence-corrected chi connectivity index (χ2v) is 5.22. The quantitative estimate of drug-likeness (QED) is 0.843. The van der Waals surface area contributed by atoms with E-state index in [9.17, 15) is 13.2 Å². The van der Waals surface area contributed by atoms with Crippen LogP contribution in [-0.2, 0) is 6.18 Å². The Bertz CT molecular complexity index is 423. The van der Waals surface area contributed by atoms with E-state index in [2.05, 4.69) is 10.3 Å². The van der Waals surface area contributed by atoms with Gasteiger partial charge in [0.2, 0.25) is 0 Å². The summed E-state index contributed by atoms with van der Waals surface area (Å²) >= 11 is 5.88. The average molecular weight is 293 g/mol. The van der Waals surface area contributed by atoms with Crippen LogP contribution < -0.4 is 5.32 Å². The number of aromatic nitrogens is 1. The third-order valence-electron chi connectivity index (χ3n) is 3.65. The third-order valence-corrected chi connectivity index (χ3v) is 4.04. The summed E-state index contributed by atoms with van der Waals surface area (Å²) in [5.74, 6) is 1.77. The lowest BCUT2D eigenvalue weighted by Gasteiger charge is -2.18. The highest BCUT2D eigenvalue weighted by molar-refractivity contribution is 6.18. The van der Waals surface area contributed by atoms with E-state index in [0.29, 0.717) is 24.3 Å². The normalized spacial score (nSPS) is 23.6. The van der Waals surface area contributed by atoms with E-state index in [1.54, 1.807) is 0 Å². The summed E-state index contributed by atoms with van der Waals surface area (Å²) in [4.78, 5) is 3.92. The Labute approximate surface area is 115 Å². The highest BCUT2D eigenvalue weighted by Crippen LogP contribution is 2.33. The molecule has 1 heterocycles. The van der Waals surface area contributed by atoms with Gasteiger partial charge in [-0.05, 0) is 36.8 Å². The van der Waals surface area contributed by atoms with Gasteiger partial charge < -0.3 is 5.32 Å². The van der Waals surface area contributed by atoms with Crippen LogP contribution in [0.4, 0.5) is 19.0 Å². The van der Waals surface area contributed by atoms with Crippen LogP contribution in [0.25, 0.3) is 0 Å². The number of anilines is 1. The molecule has 0 aliphatic heterocycles. The van der Waals surface area contributed by atoms with Gasteiger partial charge in [-0.3, -0.25) is 0 Å². The molecular formula is C13H16ClF3N2. The molecule has 0 aromatic carbocycles. The predicted molar refractivity (Wildman–Crippen MR) is 69.3 cm³/mol. The minimum absolute atomic E-state index is 0.273. The average Bonchev–Trinajstić information content (AvgIpc) is 2.83. The smallest absolute Gasteiger partial charge is 0.370 e. The second-order valence-electron chi connectivity index (χ2n) is 4.91. The van der Waals surface area contributed by atoms with Gasteiger partial charge >= 0.3 is 6.18 Å². The maximum absolute atomic E-state index is 12.6. The standard InChI is InChI=1S/C13H16ClF3N2/c14-7-9-2-1-3-10(9)8-19-12-6-11(4-5-18-12)13(15,16)17/h4-6,9-10H,1-3,7-8H2,(H,18,19). The molecule has 6 heteroatoms. The van der Waals surface area contributed by atoms with Crippen LogP contribution in [0.15, 0.2) is 18.3 Å². The predicted octanol–water partition coefficient (Wildman–Crippen LogP) is 4.17. The molecule has 106 valence electrons. The van der Waals surface area contributed by atoms with Gasteiger partial charge in [0.1, 0.15) is 5.82 Å².